The number of nitrogens with one attached hydrogen (secondary N) is 1. The lowest BCUT2D eigenvalue weighted by Crippen LogP contribution is -2.26. The van der Waals surface area contributed by atoms with E-state index < -0.39 is 28.6 Å². The van der Waals surface area contributed by atoms with Crippen LogP contribution >= 0.6 is 0 Å². The minimum Gasteiger partial charge on any atom is -0.508 e. The summed E-state index contributed by atoms with van der Waals surface area (Å²) in [5.41, 5.74) is 0.743. The van der Waals surface area contributed by atoms with Crippen LogP contribution in [0.3, 0.4) is 0 Å². The van der Waals surface area contributed by atoms with Crippen LogP contribution in [0.25, 0.3) is 33.2 Å². The number of phenols is 2. The normalized spacial score (nSPS) is 14.9. The number of carbonyl (C=O) groups excluding carboxylic acids is 1. The number of aromatic nitrogens is 1. The van der Waals surface area contributed by atoms with Gasteiger partial charge in [-0.05, 0) is 48.5 Å². The third-order valence-corrected chi connectivity index (χ3v) is 6.53. The highest BCUT2D eigenvalue weighted by Gasteiger charge is 2.35. The number of pyridine rings is 1. The molecule has 37 heavy (non-hydrogen) atoms. The summed E-state index contributed by atoms with van der Waals surface area (Å²) in [5, 5.41) is 20.9. The van der Waals surface area contributed by atoms with Crippen molar-refractivity contribution in [3.05, 3.63) is 92.4 Å². The van der Waals surface area contributed by atoms with Gasteiger partial charge in [-0.1, -0.05) is 0 Å². The van der Waals surface area contributed by atoms with Crippen LogP contribution in [0.15, 0.2) is 74.7 Å². The molecule has 9 nitrogen and oxygen atoms in total. The molecule has 3 heterocycles. The summed E-state index contributed by atoms with van der Waals surface area (Å²) in [4.78, 5) is 41.7. The number of phenolic OH excluding ortho intramolecular Hbond substituents is 2. The van der Waals surface area contributed by atoms with E-state index in [9.17, 15) is 24.6 Å². The average Bonchev–Trinajstić information content (AvgIpc) is 2.87. The zero-order chi connectivity index (χ0) is 25.8. The summed E-state index contributed by atoms with van der Waals surface area (Å²) < 4.78 is 16.8. The number of benzene rings is 3. The third-order valence-electron chi connectivity index (χ3n) is 6.53. The number of aromatic hydroxyl groups is 2. The molecule has 0 radical (unpaired) electrons. The molecule has 0 unspecified atom stereocenters. The predicted octanol–water partition coefficient (Wildman–Crippen LogP) is 4.16. The lowest BCUT2D eigenvalue weighted by Gasteiger charge is -2.25. The molecule has 0 aliphatic carbocycles. The van der Waals surface area contributed by atoms with Gasteiger partial charge in [-0.15, -0.1) is 0 Å². The van der Waals surface area contributed by atoms with Crippen LogP contribution in [0.5, 0.6) is 23.0 Å². The van der Waals surface area contributed by atoms with Gasteiger partial charge in [0, 0.05) is 45.6 Å². The standard InChI is InChI=1S/C28H19NO8/c1-35-16-6-7-19-14(8-16)9-18(28(34)29-19)17-10-24(33)36-23-12-21(32)26-20(31)11-22(37-27(26)25(17)23)13-2-4-15(30)5-3-13/h2-9,11-12,17,30,32H,10H2,1H3,(H,29,34)/t17-/m1/s1. The summed E-state index contributed by atoms with van der Waals surface area (Å²) in [6.45, 7) is 0. The number of carbonyl (C=O) groups is 1. The molecule has 0 saturated heterocycles. The Morgan fingerprint density at radius 1 is 0.973 bits per heavy atom. The number of methoxy groups -OCH3 is 1. The molecule has 3 aromatic carbocycles. The summed E-state index contributed by atoms with van der Waals surface area (Å²) >= 11 is 0. The average molecular weight is 497 g/mol. The summed E-state index contributed by atoms with van der Waals surface area (Å²) in [6, 6.07) is 15.4. The van der Waals surface area contributed by atoms with Crippen molar-refractivity contribution in [2.75, 3.05) is 7.11 Å². The maximum absolute atomic E-state index is 13.2. The topological polar surface area (TPSA) is 139 Å². The number of hydrogen-bond acceptors (Lipinski definition) is 8. The first kappa shape index (κ1) is 22.4. The third kappa shape index (κ3) is 3.68. The number of aromatic amines is 1. The lowest BCUT2D eigenvalue weighted by atomic mass is 9.85. The second kappa shape index (κ2) is 8.27. The van der Waals surface area contributed by atoms with Crippen molar-refractivity contribution in [3.8, 4) is 34.3 Å². The Bertz CT molecular complexity index is 1850. The number of H-pyrrole nitrogens is 1. The molecular formula is C28H19NO8. The number of hydrogen-bond donors (Lipinski definition) is 3. The Hall–Kier alpha value is -5.05. The van der Waals surface area contributed by atoms with E-state index in [0.717, 1.165) is 0 Å². The molecule has 6 rings (SSSR count). The maximum Gasteiger partial charge on any atom is 0.312 e. The smallest absolute Gasteiger partial charge is 0.312 e. The molecule has 0 spiro atoms. The minimum absolute atomic E-state index is 0.00222. The van der Waals surface area contributed by atoms with Gasteiger partial charge in [0.1, 0.15) is 39.7 Å². The van der Waals surface area contributed by atoms with Gasteiger partial charge in [-0.2, -0.15) is 0 Å². The van der Waals surface area contributed by atoms with Gasteiger partial charge >= 0.3 is 5.97 Å². The fraction of sp³-hybridized carbons (Fsp3) is 0.107. The van der Waals surface area contributed by atoms with Gasteiger partial charge in [0.05, 0.1) is 13.5 Å². The number of esters is 1. The van der Waals surface area contributed by atoms with Gasteiger partial charge in [-0.3, -0.25) is 14.4 Å². The first-order valence-electron chi connectivity index (χ1n) is 11.4. The van der Waals surface area contributed by atoms with Gasteiger partial charge in [0.2, 0.25) is 0 Å². The van der Waals surface area contributed by atoms with Gasteiger partial charge < -0.3 is 29.1 Å². The van der Waals surface area contributed by atoms with E-state index >= 15 is 0 Å². The second-order valence-corrected chi connectivity index (χ2v) is 8.77. The van der Waals surface area contributed by atoms with E-state index in [0.29, 0.717) is 27.8 Å². The molecule has 1 aliphatic rings. The SMILES string of the molecule is COc1ccc2[nH]c(=O)c([C@H]3CC(=O)Oc4cc(O)c5c(=O)cc(-c6ccc(O)cc6)oc5c43)cc2c1. The monoisotopic (exact) mass is 497 g/mol. The van der Waals surface area contributed by atoms with Crippen LogP contribution in [-0.2, 0) is 4.79 Å². The summed E-state index contributed by atoms with van der Waals surface area (Å²) in [5.74, 6) is -1.02. The van der Waals surface area contributed by atoms with Crippen LogP contribution in [0.4, 0.5) is 0 Å². The van der Waals surface area contributed by atoms with E-state index in [1.54, 1.807) is 36.4 Å². The highest BCUT2D eigenvalue weighted by atomic mass is 16.5. The van der Waals surface area contributed by atoms with Crippen molar-refractivity contribution in [2.45, 2.75) is 12.3 Å². The van der Waals surface area contributed by atoms with E-state index in [2.05, 4.69) is 4.98 Å². The van der Waals surface area contributed by atoms with Gasteiger partial charge in [-0.25, -0.2) is 0 Å². The largest absolute Gasteiger partial charge is 0.508 e. The van der Waals surface area contributed by atoms with Crippen molar-refractivity contribution in [1.29, 1.82) is 0 Å². The highest BCUT2D eigenvalue weighted by molar-refractivity contribution is 5.93. The van der Waals surface area contributed by atoms with Crippen molar-refractivity contribution < 1.29 is 28.9 Å². The van der Waals surface area contributed by atoms with Crippen LogP contribution < -0.4 is 20.5 Å². The van der Waals surface area contributed by atoms with Crippen molar-refractivity contribution >= 4 is 27.8 Å². The Morgan fingerprint density at radius 2 is 1.76 bits per heavy atom. The Balaban J connectivity index is 1.65. The van der Waals surface area contributed by atoms with Crippen molar-refractivity contribution in [3.63, 3.8) is 0 Å². The molecule has 5 aromatic rings. The van der Waals surface area contributed by atoms with Crippen LogP contribution in [0, 0.1) is 0 Å². The lowest BCUT2D eigenvalue weighted by molar-refractivity contribution is -0.135. The predicted molar refractivity (Wildman–Crippen MR) is 134 cm³/mol. The summed E-state index contributed by atoms with van der Waals surface area (Å²) in [6.07, 6.45) is -0.182. The Kier molecular flexibility index (Phi) is 5.01. The molecule has 1 aliphatic heterocycles. The zero-order valence-corrected chi connectivity index (χ0v) is 19.4. The molecule has 0 bridgehead atoms. The summed E-state index contributed by atoms with van der Waals surface area (Å²) in [7, 11) is 1.54. The van der Waals surface area contributed by atoms with Crippen LogP contribution in [0.1, 0.15) is 23.5 Å². The van der Waals surface area contributed by atoms with Gasteiger partial charge in [0.25, 0.3) is 5.56 Å². The van der Waals surface area contributed by atoms with Crippen molar-refractivity contribution in [1.82, 2.24) is 4.98 Å². The number of fused-ring (bicyclic) bond motifs is 4. The molecule has 9 heteroatoms. The molecule has 0 saturated carbocycles. The molecule has 0 fully saturated rings. The van der Waals surface area contributed by atoms with E-state index in [4.69, 9.17) is 13.9 Å². The quantitative estimate of drug-likeness (QED) is 0.249. The van der Waals surface area contributed by atoms with Crippen LogP contribution in [0.2, 0.25) is 0 Å². The number of ether oxygens (including phenoxy) is 2. The zero-order valence-electron chi connectivity index (χ0n) is 19.4. The highest BCUT2D eigenvalue weighted by Crippen LogP contribution is 2.45. The first-order valence-corrected chi connectivity index (χ1v) is 11.4. The molecule has 0 amide bonds. The maximum atomic E-state index is 13.2. The number of rotatable bonds is 3. The Labute approximate surface area is 208 Å². The molecule has 3 N–H and O–H groups in total. The second-order valence-electron chi connectivity index (χ2n) is 8.77. The van der Waals surface area contributed by atoms with Crippen LogP contribution in [-0.4, -0.2) is 28.3 Å². The van der Waals surface area contributed by atoms with E-state index in [1.165, 1.54) is 31.4 Å². The molecule has 1 atom stereocenters. The fourth-order valence-corrected chi connectivity index (χ4v) is 4.78. The van der Waals surface area contributed by atoms with Gasteiger partial charge in [0.15, 0.2) is 5.43 Å². The van der Waals surface area contributed by atoms with Crippen molar-refractivity contribution in [2.24, 2.45) is 0 Å². The van der Waals surface area contributed by atoms with E-state index in [1.807, 2.05) is 0 Å². The first-order chi connectivity index (χ1) is 17.8. The Morgan fingerprint density at radius 3 is 2.51 bits per heavy atom. The van der Waals surface area contributed by atoms with E-state index in [-0.39, 0.29) is 40.2 Å². The molecule has 184 valence electrons. The fourth-order valence-electron chi connectivity index (χ4n) is 4.78. The molecular weight excluding hydrogens is 478 g/mol. The molecule has 2 aromatic heterocycles. The minimum atomic E-state index is -0.822.